The molecule has 6 heteroatoms. The van der Waals surface area contributed by atoms with E-state index in [1.165, 1.54) is 6.42 Å². The lowest BCUT2D eigenvalue weighted by molar-refractivity contribution is -0.203. The van der Waals surface area contributed by atoms with Gasteiger partial charge in [-0.2, -0.15) is 0 Å². The highest BCUT2D eigenvalue weighted by Crippen LogP contribution is 2.69. The Bertz CT molecular complexity index is 771. The molecule has 11 atom stereocenters. The molecular formula is C25H45NO4S. The smallest absolute Gasteiger partial charge is 0.209 e. The Kier molecular flexibility index (Phi) is 6.38. The van der Waals surface area contributed by atoms with E-state index < -0.39 is 10.0 Å². The maximum Gasteiger partial charge on any atom is 0.209 e. The SMILES string of the molecule is CC[C@@H]1C2C[C@H](O)CCC2(C)[C@H]2CCC3(C)[C@@H]([C@H](C)CCS(N)(=O)=O)CC[C@H]3C2[C@@H]1O. The summed E-state index contributed by atoms with van der Waals surface area (Å²) in [6.45, 7) is 9.33. The molecular weight excluding hydrogens is 410 g/mol. The first-order valence-corrected chi connectivity index (χ1v) is 14.5. The fourth-order valence-electron chi connectivity index (χ4n) is 9.48. The molecule has 0 heterocycles. The van der Waals surface area contributed by atoms with Crippen LogP contribution in [0.1, 0.15) is 85.5 Å². The number of aliphatic hydroxyl groups is 2. The third-order valence-corrected chi connectivity index (χ3v) is 11.8. The van der Waals surface area contributed by atoms with E-state index in [1.807, 2.05) is 0 Å². The molecule has 4 fully saturated rings. The molecule has 0 spiro atoms. The van der Waals surface area contributed by atoms with Crippen LogP contribution in [0.3, 0.4) is 0 Å². The van der Waals surface area contributed by atoms with Crippen LogP contribution in [-0.2, 0) is 10.0 Å². The number of hydrogen-bond donors (Lipinski definition) is 3. The van der Waals surface area contributed by atoms with Crippen LogP contribution in [0.2, 0.25) is 0 Å². The predicted molar refractivity (Wildman–Crippen MR) is 124 cm³/mol. The van der Waals surface area contributed by atoms with E-state index in [0.717, 1.165) is 44.9 Å². The van der Waals surface area contributed by atoms with Gasteiger partial charge in [0.05, 0.1) is 18.0 Å². The Morgan fingerprint density at radius 1 is 1.00 bits per heavy atom. The van der Waals surface area contributed by atoms with Crippen LogP contribution < -0.4 is 5.14 Å². The summed E-state index contributed by atoms with van der Waals surface area (Å²) >= 11 is 0. The highest BCUT2D eigenvalue weighted by molar-refractivity contribution is 7.89. The van der Waals surface area contributed by atoms with E-state index in [-0.39, 0.29) is 34.7 Å². The number of sulfonamides is 1. The second kappa shape index (κ2) is 8.25. The van der Waals surface area contributed by atoms with E-state index >= 15 is 0 Å². The monoisotopic (exact) mass is 455 g/mol. The number of hydrogen-bond acceptors (Lipinski definition) is 4. The highest BCUT2D eigenvalue weighted by Gasteiger charge is 2.64. The average molecular weight is 456 g/mol. The standard InChI is InChI=1S/C25H45NO4S/c1-5-17-21-14-16(27)8-11-25(21,4)20-9-12-24(3)18(15(2)10-13-31(26,29)30)6-7-19(24)22(20)23(17)28/h15-23,27-28H,5-14H2,1-4H3,(H2,26,29,30)/t15-,16-,17-,18-,19+,20+,21?,22?,23-,24?,25?/m1/s1. The lowest BCUT2D eigenvalue weighted by Crippen LogP contribution is -2.62. The second-order valence-electron chi connectivity index (χ2n) is 12.3. The summed E-state index contributed by atoms with van der Waals surface area (Å²) in [6, 6.07) is 0. The molecule has 5 nitrogen and oxygen atoms in total. The summed E-state index contributed by atoms with van der Waals surface area (Å²) in [6.07, 6.45) is 8.60. The molecule has 4 saturated carbocycles. The van der Waals surface area contributed by atoms with Crippen molar-refractivity contribution in [1.82, 2.24) is 0 Å². The van der Waals surface area contributed by atoms with Crippen molar-refractivity contribution in [1.29, 1.82) is 0 Å². The van der Waals surface area contributed by atoms with Crippen LogP contribution in [0.15, 0.2) is 0 Å². The largest absolute Gasteiger partial charge is 0.393 e. The Hall–Kier alpha value is -0.170. The molecule has 0 bridgehead atoms. The zero-order valence-corrected chi connectivity index (χ0v) is 20.8. The maximum absolute atomic E-state index is 11.7. The van der Waals surface area contributed by atoms with Crippen molar-refractivity contribution in [2.75, 3.05) is 5.75 Å². The first kappa shape index (κ1) is 24.0. The fourth-order valence-corrected chi connectivity index (χ4v) is 10.2. The van der Waals surface area contributed by atoms with Crippen molar-refractivity contribution in [2.24, 2.45) is 57.4 Å². The van der Waals surface area contributed by atoms with Crippen molar-refractivity contribution in [3.05, 3.63) is 0 Å². The lowest BCUT2D eigenvalue weighted by atomic mass is 9.41. The molecule has 0 aromatic carbocycles. The van der Waals surface area contributed by atoms with Gasteiger partial charge < -0.3 is 10.2 Å². The Balaban J connectivity index is 1.61. The molecule has 4 rings (SSSR count). The van der Waals surface area contributed by atoms with Gasteiger partial charge in [0.2, 0.25) is 10.0 Å². The van der Waals surface area contributed by atoms with Gasteiger partial charge >= 0.3 is 0 Å². The van der Waals surface area contributed by atoms with Crippen LogP contribution in [0, 0.1) is 52.3 Å². The van der Waals surface area contributed by atoms with Crippen molar-refractivity contribution < 1.29 is 18.6 Å². The zero-order chi connectivity index (χ0) is 22.8. The second-order valence-corrected chi connectivity index (χ2v) is 14.0. The number of aliphatic hydroxyl groups excluding tert-OH is 2. The van der Waals surface area contributed by atoms with Crippen LogP contribution in [-0.4, -0.2) is 36.6 Å². The van der Waals surface area contributed by atoms with E-state index in [9.17, 15) is 18.6 Å². The zero-order valence-electron chi connectivity index (χ0n) is 20.0. The molecule has 0 amide bonds. The Morgan fingerprint density at radius 2 is 1.65 bits per heavy atom. The van der Waals surface area contributed by atoms with Crippen LogP contribution >= 0.6 is 0 Å². The van der Waals surface area contributed by atoms with E-state index in [1.54, 1.807) is 0 Å². The maximum atomic E-state index is 11.7. The van der Waals surface area contributed by atoms with Gasteiger partial charge in [0, 0.05) is 0 Å². The molecule has 4 aliphatic carbocycles. The van der Waals surface area contributed by atoms with Gasteiger partial charge in [0.15, 0.2) is 0 Å². The number of primary sulfonamides is 1. The first-order valence-electron chi connectivity index (χ1n) is 12.8. The van der Waals surface area contributed by atoms with Gasteiger partial charge in [-0.05, 0) is 104 Å². The first-order chi connectivity index (χ1) is 14.4. The van der Waals surface area contributed by atoms with E-state index in [4.69, 9.17) is 5.14 Å². The molecule has 0 aromatic rings. The number of nitrogens with two attached hydrogens (primary N) is 1. The summed E-state index contributed by atoms with van der Waals surface area (Å²) in [5.74, 6) is 3.01. The van der Waals surface area contributed by atoms with Crippen LogP contribution in [0.5, 0.6) is 0 Å². The van der Waals surface area contributed by atoms with Crippen molar-refractivity contribution in [3.63, 3.8) is 0 Å². The summed E-state index contributed by atoms with van der Waals surface area (Å²) in [4.78, 5) is 0. The summed E-state index contributed by atoms with van der Waals surface area (Å²) in [5.41, 5.74) is 0.401. The molecule has 0 aromatic heterocycles. The summed E-state index contributed by atoms with van der Waals surface area (Å²) < 4.78 is 23.1. The molecule has 31 heavy (non-hydrogen) atoms. The number of fused-ring (bicyclic) bond motifs is 5. The summed E-state index contributed by atoms with van der Waals surface area (Å²) in [7, 11) is -3.42. The normalized spacial score (nSPS) is 50.9. The van der Waals surface area contributed by atoms with Gasteiger partial charge in [0.1, 0.15) is 0 Å². The predicted octanol–water partition coefficient (Wildman–Crippen LogP) is 3.93. The summed E-state index contributed by atoms with van der Waals surface area (Å²) in [5, 5.41) is 27.4. The Morgan fingerprint density at radius 3 is 2.29 bits per heavy atom. The van der Waals surface area contributed by atoms with Gasteiger partial charge in [-0.25, -0.2) is 13.6 Å². The third-order valence-electron chi connectivity index (χ3n) is 11.0. The minimum Gasteiger partial charge on any atom is -0.393 e. The molecule has 0 saturated heterocycles. The molecule has 4 aliphatic rings. The van der Waals surface area contributed by atoms with Crippen LogP contribution in [0.4, 0.5) is 0 Å². The molecule has 180 valence electrons. The Labute approximate surface area is 189 Å². The molecule has 4 unspecified atom stereocenters. The molecule has 0 aliphatic heterocycles. The molecule has 4 N–H and O–H groups in total. The number of rotatable bonds is 5. The van der Waals surface area contributed by atoms with Gasteiger partial charge in [-0.15, -0.1) is 0 Å². The lowest BCUT2D eigenvalue weighted by Gasteiger charge is -2.64. The molecule has 0 radical (unpaired) electrons. The van der Waals surface area contributed by atoms with Crippen molar-refractivity contribution >= 4 is 10.0 Å². The average Bonchev–Trinajstić information content (AvgIpc) is 3.04. The van der Waals surface area contributed by atoms with Crippen LogP contribution in [0.25, 0.3) is 0 Å². The van der Waals surface area contributed by atoms with Crippen molar-refractivity contribution in [3.8, 4) is 0 Å². The topological polar surface area (TPSA) is 101 Å². The van der Waals surface area contributed by atoms with Gasteiger partial charge in [0.25, 0.3) is 0 Å². The fraction of sp³-hybridized carbons (Fsp3) is 1.00. The minimum absolute atomic E-state index is 0.0695. The van der Waals surface area contributed by atoms with E-state index in [2.05, 4.69) is 27.7 Å². The van der Waals surface area contributed by atoms with E-state index in [0.29, 0.717) is 41.9 Å². The highest BCUT2D eigenvalue weighted by atomic mass is 32.2. The third kappa shape index (κ3) is 3.91. The quantitative estimate of drug-likeness (QED) is 0.585. The van der Waals surface area contributed by atoms with Gasteiger partial charge in [-0.1, -0.05) is 34.1 Å². The van der Waals surface area contributed by atoms with Gasteiger partial charge in [-0.3, -0.25) is 0 Å². The van der Waals surface area contributed by atoms with Crippen molar-refractivity contribution in [2.45, 2.75) is 97.7 Å². The minimum atomic E-state index is -3.42.